The molecule has 2 atom stereocenters. The van der Waals surface area contributed by atoms with Crippen molar-refractivity contribution < 1.29 is 54.9 Å². The van der Waals surface area contributed by atoms with E-state index in [1.807, 2.05) is 12.1 Å². The summed E-state index contributed by atoms with van der Waals surface area (Å²) >= 11 is 12.7. The van der Waals surface area contributed by atoms with E-state index < -0.39 is 40.6 Å². The lowest BCUT2D eigenvalue weighted by atomic mass is 9.72. The highest BCUT2D eigenvalue weighted by atomic mass is 35.5. The molecule has 7 rings (SSSR count). The third-order valence-electron chi connectivity index (χ3n) is 13.5. The molecule has 0 aromatic heterocycles. The Labute approximate surface area is 390 Å². The van der Waals surface area contributed by atoms with Gasteiger partial charge in [-0.3, -0.25) is 19.3 Å². The number of fused-ring (bicyclic) bond motifs is 2. The number of piperidine rings is 1. The fourth-order valence-electron chi connectivity index (χ4n) is 9.70. The Balaban J connectivity index is 0.982. The van der Waals surface area contributed by atoms with Crippen molar-refractivity contribution in [2.75, 3.05) is 98.9 Å². The number of hydrogen-bond acceptors (Lipinski definition) is 8. The first-order valence-corrected chi connectivity index (χ1v) is 23.0. The third-order valence-corrected chi connectivity index (χ3v) is 14.2. The molecule has 0 unspecified atom stereocenters. The van der Waals surface area contributed by atoms with Gasteiger partial charge >= 0.3 is 12.4 Å². The van der Waals surface area contributed by atoms with E-state index in [1.54, 1.807) is 30.1 Å². The summed E-state index contributed by atoms with van der Waals surface area (Å²) in [4.78, 5) is 47.0. The van der Waals surface area contributed by atoms with Gasteiger partial charge in [0, 0.05) is 70.3 Å². The Morgan fingerprint density at radius 2 is 1.53 bits per heavy atom. The molecule has 1 spiro atoms. The molecule has 3 heterocycles. The van der Waals surface area contributed by atoms with E-state index >= 15 is 0 Å². The fourth-order valence-corrected chi connectivity index (χ4v) is 9.99. The summed E-state index contributed by atoms with van der Waals surface area (Å²) in [6.45, 7) is 6.20. The van der Waals surface area contributed by atoms with Crippen LogP contribution in [0.2, 0.25) is 10.0 Å². The van der Waals surface area contributed by atoms with E-state index in [0.717, 1.165) is 19.6 Å². The van der Waals surface area contributed by atoms with Crippen LogP contribution in [0.1, 0.15) is 70.3 Å². The van der Waals surface area contributed by atoms with Crippen LogP contribution in [0, 0.1) is 0 Å². The van der Waals surface area contributed by atoms with E-state index in [2.05, 4.69) is 27.2 Å². The van der Waals surface area contributed by atoms with Gasteiger partial charge in [0.05, 0.1) is 53.6 Å². The number of likely N-dealkylation sites (N-methyl/N-ethyl adjacent to an activating group) is 1. The Bertz CT molecular complexity index is 2170. The van der Waals surface area contributed by atoms with E-state index in [-0.39, 0.29) is 65.7 Å². The van der Waals surface area contributed by atoms with Crippen LogP contribution in [0.5, 0.6) is 0 Å². The molecule has 3 aliphatic heterocycles. The molecule has 360 valence electrons. The van der Waals surface area contributed by atoms with Gasteiger partial charge in [0.25, 0.3) is 5.91 Å². The summed E-state index contributed by atoms with van der Waals surface area (Å²) < 4.78 is 101. The molecule has 3 fully saturated rings. The molecule has 3 aromatic carbocycles. The highest BCUT2D eigenvalue weighted by molar-refractivity contribution is 6.42. The van der Waals surface area contributed by atoms with Crippen LogP contribution >= 0.6 is 23.2 Å². The Hall–Kier alpha value is -3.97. The average molecular weight is 971 g/mol. The highest BCUT2D eigenvalue weighted by Gasteiger charge is 2.50. The first-order chi connectivity index (χ1) is 31.4. The quantitative estimate of drug-likeness (QED) is 0.157. The Morgan fingerprint density at radius 1 is 0.848 bits per heavy atom. The Kier molecular flexibility index (Phi) is 16.0. The fraction of sp³-hybridized carbons (Fsp3) is 0.553. The third kappa shape index (κ3) is 11.8. The van der Waals surface area contributed by atoms with Gasteiger partial charge in [-0.1, -0.05) is 53.5 Å². The summed E-state index contributed by atoms with van der Waals surface area (Å²) in [5, 5.41) is 3.43. The number of rotatable bonds is 15. The van der Waals surface area contributed by atoms with Gasteiger partial charge in [0.2, 0.25) is 11.8 Å². The molecule has 19 heteroatoms. The topological polar surface area (TPSA) is 104 Å². The van der Waals surface area contributed by atoms with Crippen molar-refractivity contribution in [2.45, 2.75) is 68.0 Å². The summed E-state index contributed by atoms with van der Waals surface area (Å²) in [6, 6.07) is 14.0. The molecule has 0 bridgehead atoms. The predicted molar refractivity (Wildman–Crippen MR) is 235 cm³/mol. The van der Waals surface area contributed by atoms with E-state index in [4.69, 9.17) is 37.4 Å². The number of hydrogen-bond donors (Lipinski definition) is 1. The number of nitrogens with one attached hydrogen (secondary N) is 1. The van der Waals surface area contributed by atoms with Gasteiger partial charge in [-0.15, -0.1) is 0 Å². The van der Waals surface area contributed by atoms with Gasteiger partial charge < -0.3 is 34.2 Å². The standard InChI is InChI=1S/C47H55Cl2F6N5O6/c1-57(14-4-7-41(61)56-13-18-59-19-22-64-23-20-59)42(62)30-65-40-27-32-5-2-3-6-37(32)44(40)10-15-58(16-11-44)17-12-45(34-8-9-38(48)39(49)29-34)31-60(21-24-66-45)43(63)33-25-35(46(50,51)52)28-36(26-33)47(53,54)55/h2-3,5-6,8-9,25-26,28-29,40H,4,7,10-24,27,30-31H2,1H3,(H,56,61)/t40-,45-/m0/s1. The number of nitrogens with zero attached hydrogens (tertiary/aromatic N) is 4. The number of carbonyl (C=O) groups is 3. The number of carbonyl (C=O) groups excluding carboxylic acids is 3. The summed E-state index contributed by atoms with van der Waals surface area (Å²) in [7, 11) is 1.71. The molecular weight excluding hydrogens is 915 g/mol. The number of amides is 3. The lowest BCUT2D eigenvalue weighted by molar-refractivity contribution is -0.143. The van der Waals surface area contributed by atoms with Crippen molar-refractivity contribution in [1.82, 2.24) is 24.9 Å². The first-order valence-electron chi connectivity index (χ1n) is 22.3. The minimum Gasteiger partial charge on any atom is -0.379 e. The van der Waals surface area contributed by atoms with Gasteiger partial charge in [0.15, 0.2) is 0 Å². The molecule has 3 aromatic rings. The van der Waals surface area contributed by atoms with Gasteiger partial charge in [0.1, 0.15) is 12.2 Å². The number of ether oxygens (including phenoxy) is 3. The van der Waals surface area contributed by atoms with Gasteiger partial charge in [-0.2, -0.15) is 26.3 Å². The zero-order chi connectivity index (χ0) is 47.3. The number of halogens is 8. The zero-order valence-electron chi connectivity index (χ0n) is 36.8. The van der Waals surface area contributed by atoms with Crippen LogP contribution in [-0.2, 0) is 53.6 Å². The predicted octanol–water partition coefficient (Wildman–Crippen LogP) is 7.45. The molecule has 0 radical (unpaired) electrons. The minimum absolute atomic E-state index is 0.00249. The average Bonchev–Trinajstić information content (AvgIpc) is 3.60. The SMILES string of the molecule is CN(CCCC(=O)NCCN1CCOCC1)C(=O)CO[C@H]1Cc2ccccc2C12CCN(CC[C@@]1(c3ccc(Cl)c(Cl)c3)CN(C(=O)c3cc(C(F)(F)F)cc(C(F)(F)F)c3)CCO1)CC2. The Morgan fingerprint density at radius 3 is 2.21 bits per heavy atom. The van der Waals surface area contributed by atoms with Crippen LogP contribution in [0.25, 0.3) is 0 Å². The van der Waals surface area contributed by atoms with Crippen molar-refractivity contribution in [2.24, 2.45) is 0 Å². The maximum absolute atomic E-state index is 13.9. The molecule has 0 saturated carbocycles. The van der Waals surface area contributed by atoms with Crippen molar-refractivity contribution in [3.05, 3.63) is 104 Å². The van der Waals surface area contributed by atoms with Gasteiger partial charge in [-0.05, 0) is 92.2 Å². The maximum Gasteiger partial charge on any atom is 0.416 e. The normalized spacial score (nSPS) is 21.5. The summed E-state index contributed by atoms with van der Waals surface area (Å²) in [5.74, 6) is -1.22. The lowest BCUT2D eigenvalue weighted by Crippen LogP contribution is -2.54. The number of alkyl halides is 6. The van der Waals surface area contributed by atoms with Gasteiger partial charge in [-0.25, -0.2) is 0 Å². The minimum atomic E-state index is -5.12. The van der Waals surface area contributed by atoms with Crippen molar-refractivity contribution >= 4 is 40.9 Å². The molecule has 11 nitrogen and oxygen atoms in total. The molecule has 3 saturated heterocycles. The molecular formula is C47H55Cl2F6N5O6. The number of morpholine rings is 2. The van der Waals surface area contributed by atoms with Crippen LogP contribution < -0.4 is 5.32 Å². The van der Waals surface area contributed by atoms with Crippen molar-refractivity contribution in [1.29, 1.82) is 0 Å². The molecule has 4 aliphatic rings. The second-order valence-electron chi connectivity index (χ2n) is 17.6. The zero-order valence-corrected chi connectivity index (χ0v) is 38.3. The van der Waals surface area contributed by atoms with Crippen LogP contribution in [-0.4, -0.2) is 142 Å². The van der Waals surface area contributed by atoms with E-state index in [1.165, 1.54) is 16.0 Å². The monoisotopic (exact) mass is 969 g/mol. The number of likely N-dealkylation sites (tertiary alicyclic amines) is 1. The summed E-state index contributed by atoms with van der Waals surface area (Å²) in [6.07, 6.45) is -7.31. The van der Waals surface area contributed by atoms with Crippen molar-refractivity contribution in [3.63, 3.8) is 0 Å². The van der Waals surface area contributed by atoms with E-state index in [0.29, 0.717) is 102 Å². The molecule has 66 heavy (non-hydrogen) atoms. The maximum atomic E-state index is 13.9. The van der Waals surface area contributed by atoms with E-state index in [9.17, 15) is 40.7 Å². The van der Waals surface area contributed by atoms with Crippen LogP contribution in [0.15, 0.2) is 60.7 Å². The largest absolute Gasteiger partial charge is 0.416 e. The first kappa shape index (κ1) is 49.9. The molecule has 1 aliphatic carbocycles. The second-order valence-corrected chi connectivity index (χ2v) is 18.4. The van der Waals surface area contributed by atoms with Crippen LogP contribution in [0.3, 0.4) is 0 Å². The highest BCUT2D eigenvalue weighted by Crippen LogP contribution is 2.48. The van der Waals surface area contributed by atoms with Crippen LogP contribution in [0.4, 0.5) is 26.3 Å². The molecule has 3 amide bonds. The smallest absolute Gasteiger partial charge is 0.379 e. The second kappa shape index (κ2) is 21.1. The van der Waals surface area contributed by atoms with Crippen molar-refractivity contribution in [3.8, 4) is 0 Å². The summed E-state index contributed by atoms with van der Waals surface area (Å²) in [5.41, 5.74) is -2.58. The molecule has 1 N–H and O–H groups in total. The lowest BCUT2D eigenvalue weighted by Gasteiger charge is -2.46. The number of benzene rings is 3.